The number of nitrogens with zero attached hydrogens (tertiary/aromatic N) is 1. The second kappa shape index (κ2) is 4.56. The van der Waals surface area contributed by atoms with Crippen LogP contribution in [0.2, 0.25) is 0 Å². The lowest BCUT2D eigenvalue weighted by molar-refractivity contribution is -0.420. The second-order valence-corrected chi connectivity index (χ2v) is 3.25. The fourth-order valence-corrected chi connectivity index (χ4v) is 1.37. The molecule has 0 saturated carbocycles. The highest BCUT2D eigenvalue weighted by atomic mass is 14.9. The van der Waals surface area contributed by atoms with Gasteiger partial charge in [-0.1, -0.05) is 24.3 Å². The summed E-state index contributed by atoms with van der Waals surface area (Å²) >= 11 is 0. The van der Waals surface area contributed by atoms with Gasteiger partial charge >= 0.3 is 0 Å². The smallest absolute Gasteiger partial charge is 0.202 e. The van der Waals surface area contributed by atoms with Gasteiger partial charge in [0, 0.05) is 11.6 Å². The van der Waals surface area contributed by atoms with Gasteiger partial charge < -0.3 is 0 Å². The van der Waals surface area contributed by atoms with E-state index in [2.05, 4.69) is 38.3 Å². The fraction of sp³-hybridized carbons (Fsp3) is 0.154. The van der Waals surface area contributed by atoms with Gasteiger partial charge in [-0.25, -0.2) is 4.58 Å². The zero-order valence-electron chi connectivity index (χ0n) is 8.83. The third-order valence-corrected chi connectivity index (χ3v) is 2.16. The Kier molecular flexibility index (Phi) is 3.41. The summed E-state index contributed by atoms with van der Waals surface area (Å²) in [5, 5.41) is 0. The molecule has 0 heterocycles. The molecule has 0 aromatic heterocycles. The minimum Gasteiger partial charge on any atom is -0.202 e. The van der Waals surface area contributed by atoms with Crippen molar-refractivity contribution in [1.82, 2.24) is 0 Å². The lowest BCUT2D eigenvalue weighted by Crippen LogP contribution is -2.10. The van der Waals surface area contributed by atoms with Crippen LogP contribution in [0.15, 0.2) is 49.7 Å². The van der Waals surface area contributed by atoms with Crippen molar-refractivity contribution >= 4 is 5.71 Å². The Labute approximate surface area is 85.7 Å². The van der Waals surface area contributed by atoms with Crippen LogP contribution < -0.4 is 0 Å². The maximum Gasteiger partial charge on any atom is 0.211 e. The Morgan fingerprint density at radius 3 is 2.57 bits per heavy atom. The van der Waals surface area contributed by atoms with Gasteiger partial charge in [-0.15, -0.1) is 0 Å². The van der Waals surface area contributed by atoms with Crippen LogP contribution in [0.5, 0.6) is 0 Å². The van der Waals surface area contributed by atoms with Crippen LogP contribution in [0.4, 0.5) is 0 Å². The summed E-state index contributed by atoms with van der Waals surface area (Å²) < 4.78 is 1.96. The molecule has 0 aliphatic rings. The van der Waals surface area contributed by atoms with Gasteiger partial charge in [0.25, 0.3) is 0 Å². The SMILES string of the molecule is C=CC(c1cccc(C)c1)=[N+](C)C=C. The lowest BCUT2D eigenvalue weighted by atomic mass is 10.1. The quantitative estimate of drug-likeness (QED) is 0.504. The largest absolute Gasteiger partial charge is 0.211 e. The molecule has 0 N–H and O–H groups in total. The van der Waals surface area contributed by atoms with E-state index in [1.165, 1.54) is 11.1 Å². The summed E-state index contributed by atoms with van der Waals surface area (Å²) in [7, 11) is 1.96. The van der Waals surface area contributed by atoms with Crippen LogP contribution in [0.25, 0.3) is 0 Å². The zero-order valence-corrected chi connectivity index (χ0v) is 8.83. The van der Waals surface area contributed by atoms with Gasteiger partial charge in [0.15, 0.2) is 6.20 Å². The van der Waals surface area contributed by atoms with Crippen LogP contribution in [0, 0.1) is 6.92 Å². The number of benzene rings is 1. The molecule has 0 radical (unpaired) electrons. The van der Waals surface area contributed by atoms with E-state index in [0.29, 0.717) is 0 Å². The maximum absolute atomic E-state index is 3.81. The summed E-state index contributed by atoms with van der Waals surface area (Å²) in [6, 6.07) is 8.34. The Morgan fingerprint density at radius 1 is 1.36 bits per heavy atom. The summed E-state index contributed by atoms with van der Waals surface area (Å²) in [5.41, 5.74) is 3.49. The minimum atomic E-state index is 1.07. The molecule has 1 rings (SSSR count). The molecule has 1 aromatic carbocycles. The molecular weight excluding hydrogens is 170 g/mol. The van der Waals surface area contributed by atoms with Crippen molar-refractivity contribution in [2.24, 2.45) is 0 Å². The molecule has 1 heteroatoms. The van der Waals surface area contributed by atoms with Gasteiger partial charge in [-0.05, 0) is 25.6 Å². The van der Waals surface area contributed by atoms with Crippen molar-refractivity contribution in [3.63, 3.8) is 0 Å². The van der Waals surface area contributed by atoms with E-state index < -0.39 is 0 Å². The molecule has 0 aliphatic carbocycles. The Bertz CT molecular complexity index is 386. The molecule has 0 fully saturated rings. The molecule has 14 heavy (non-hydrogen) atoms. The number of hydrogen-bond acceptors (Lipinski definition) is 0. The fourth-order valence-electron chi connectivity index (χ4n) is 1.37. The van der Waals surface area contributed by atoms with Gasteiger partial charge in [-0.3, -0.25) is 0 Å². The van der Waals surface area contributed by atoms with Crippen molar-refractivity contribution < 1.29 is 4.58 Å². The molecule has 0 bridgehead atoms. The molecule has 0 amide bonds. The standard InChI is InChI=1S/C13H16N/c1-5-13(14(4)6-2)12-9-7-8-11(3)10-12/h5-10H,1-2H2,3-4H3/q+1. The van der Waals surface area contributed by atoms with Crippen molar-refractivity contribution in [2.45, 2.75) is 6.92 Å². The van der Waals surface area contributed by atoms with Crippen molar-refractivity contribution in [3.05, 3.63) is 60.8 Å². The molecule has 0 aliphatic heterocycles. The monoisotopic (exact) mass is 186 g/mol. The van der Waals surface area contributed by atoms with E-state index in [9.17, 15) is 0 Å². The summed E-state index contributed by atoms with van der Waals surface area (Å²) in [5.74, 6) is 0. The van der Waals surface area contributed by atoms with Crippen molar-refractivity contribution in [1.29, 1.82) is 0 Å². The minimum absolute atomic E-state index is 1.07. The summed E-state index contributed by atoms with van der Waals surface area (Å²) in [4.78, 5) is 0. The first-order valence-electron chi connectivity index (χ1n) is 4.61. The Balaban J connectivity index is 3.27. The highest BCUT2D eigenvalue weighted by Crippen LogP contribution is 2.06. The van der Waals surface area contributed by atoms with Gasteiger partial charge in [-0.2, -0.15) is 0 Å². The normalized spacial score (nSPS) is 11.9. The number of hydrogen-bond donors (Lipinski definition) is 0. The van der Waals surface area contributed by atoms with Crippen LogP contribution >= 0.6 is 0 Å². The van der Waals surface area contributed by atoms with Crippen LogP contribution in [-0.2, 0) is 0 Å². The molecule has 1 aromatic rings. The van der Waals surface area contributed by atoms with Crippen LogP contribution in [-0.4, -0.2) is 17.3 Å². The summed E-state index contributed by atoms with van der Waals surface area (Å²) in [6.07, 6.45) is 3.62. The number of aryl methyl sites for hydroxylation is 1. The van der Waals surface area contributed by atoms with E-state index in [1.54, 1.807) is 6.20 Å². The van der Waals surface area contributed by atoms with Gasteiger partial charge in [0.05, 0.1) is 0 Å². The maximum atomic E-state index is 3.81. The van der Waals surface area contributed by atoms with E-state index in [-0.39, 0.29) is 0 Å². The van der Waals surface area contributed by atoms with Gasteiger partial charge in [0.2, 0.25) is 5.71 Å². The summed E-state index contributed by atoms with van der Waals surface area (Å²) in [6.45, 7) is 9.63. The second-order valence-electron chi connectivity index (χ2n) is 3.25. The van der Waals surface area contributed by atoms with Gasteiger partial charge in [0.1, 0.15) is 7.05 Å². The molecule has 0 spiro atoms. The van der Waals surface area contributed by atoms with E-state index >= 15 is 0 Å². The highest BCUT2D eigenvalue weighted by molar-refractivity contribution is 6.05. The topological polar surface area (TPSA) is 3.01 Å². The first-order chi connectivity index (χ1) is 6.69. The van der Waals surface area contributed by atoms with Crippen molar-refractivity contribution in [3.8, 4) is 0 Å². The lowest BCUT2D eigenvalue weighted by Gasteiger charge is -2.00. The van der Waals surface area contributed by atoms with E-state index in [1.807, 2.05) is 23.8 Å². The van der Waals surface area contributed by atoms with E-state index in [4.69, 9.17) is 0 Å². The predicted octanol–water partition coefficient (Wildman–Crippen LogP) is 2.76. The molecule has 0 atom stereocenters. The third kappa shape index (κ3) is 2.19. The Hall–Kier alpha value is -1.63. The average Bonchev–Trinajstić information content (AvgIpc) is 2.19. The third-order valence-electron chi connectivity index (χ3n) is 2.16. The molecular formula is C13H16N+. The van der Waals surface area contributed by atoms with E-state index in [0.717, 1.165) is 5.71 Å². The first kappa shape index (κ1) is 10.5. The molecule has 0 unspecified atom stereocenters. The molecule has 72 valence electrons. The average molecular weight is 186 g/mol. The Morgan fingerprint density at radius 2 is 2.07 bits per heavy atom. The zero-order chi connectivity index (χ0) is 10.6. The highest BCUT2D eigenvalue weighted by Gasteiger charge is 2.07. The van der Waals surface area contributed by atoms with Crippen LogP contribution in [0.1, 0.15) is 11.1 Å². The predicted molar refractivity (Wildman–Crippen MR) is 61.9 cm³/mol. The number of rotatable bonds is 3. The molecule has 1 nitrogen and oxygen atoms in total. The van der Waals surface area contributed by atoms with Crippen LogP contribution in [0.3, 0.4) is 0 Å². The van der Waals surface area contributed by atoms with Crippen molar-refractivity contribution in [2.75, 3.05) is 7.05 Å². The first-order valence-corrected chi connectivity index (χ1v) is 4.61. The molecule has 0 saturated heterocycles. The number of allylic oxidation sites excluding steroid dienone is 1.